The van der Waals surface area contributed by atoms with Crippen molar-refractivity contribution in [2.45, 2.75) is 62.2 Å². The van der Waals surface area contributed by atoms with Crippen LogP contribution in [0.3, 0.4) is 0 Å². The molecule has 1 amide bonds. The standard InChI is InChI=1S/C26H21F8N3O2.C7H8O3S/c1-24(2,15-4-10-22(35-13-15)25(29,30)31)36-20-12-21(14-3-9-18(27)19(28)11-14)37(23(20)38)16-5-7-17(8-6-16)39-26(32,33)34;1-6-2-4-7(5-3-6)11(8,9)10/h3-11,13,20-21,36H,12H2,1-2H3;2-5H,1H3,(H,8,9,10). The Morgan fingerprint density at radius 2 is 1.50 bits per heavy atom. The van der Waals surface area contributed by atoms with Gasteiger partial charge in [-0.2, -0.15) is 21.6 Å². The predicted molar refractivity (Wildman–Crippen MR) is 165 cm³/mol. The number of rotatable bonds is 7. The SMILES string of the molecule is CC(C)(NC1CC(c2ccc(F)c(F)c2)N(c2ccc(OC(F)(F)F)cc2)C1=O)c1ccc(C(F)(F)F)nc1.Cc1ccc(S(=O)(=O)O)cc1. The van der Waals surface area contributed by atoms with Crippen LogP contribution in [-0.4, -0.2) is 36.3 Å². The molecule has 3 aromatic carbocycles. The molecule has 2 atom stereocenters. The maximum atomic E-state index is 14.1. The molecule has 2 N–H and O–H groups in total. The van der Waals surface area contributed by atoms with E-state index in [1.807, 2.05) is 6.92 Å². The maximum absolute atomic E-state index is 14.1. The van der Waals surface area contributed by atoms with Gasteiger partial charge in [-0.15, -0.1) is 13.2 Å². The minimum Gasteiger partial charge on any atom is -0.406 e. The average Bonchev–Trinajstić information content (AvgIpc) is 3.32. The number of alkyl halides is 6. The monoisotopic (exact) mass is 731 g/mol. The Kier molecular flexibility index (Phi) is 10.9. The number of aryl methyl sites for hydroxylation is 1. The molecule has 8 nitrogen and oxygen atoms in total. The van der Waals surface area contributed by atoms with Crippen LogP contribution in [0.4, 0.5) is 40.8 Å². The van der Waals surface area contributed by atoms with E-state index in [1.54, 1.807) is 26.0 Å². The third kappa shape index (κ3) is 9.54. The lowest BCUT2D eigenvalue weighted by atomic mass is 9.93. The minimum absolute atomic E-state index is 0.0300. The summed E-state index contributed by atoms with van der Waals surface area (Å²) < 4.78 is 138. The van der Waals surface area contributed by atoms with E-state index in [-0.39, 0.29) is 22.6 Å². The zero-order chi connectivity index (χ0) is 37.2. The number of hydrogen-bond acceptors (Lipinski definition) is 6. The molecular weight excluding hydrogens is 702 g/mol. The predicted octanol–water partition coefficient (Wildman–Crippen LogP) is 7.89. The Hall–Kier alpha value is -4.61. The number of pyridine rings is 1. The lowest BCUT2D eigenvalue weighted by Crippen LogP contribution is -2.47. The number of nitrogens with one attached hydrogen (secondary N) is 1. The minimum atomic E-state index is -4.92. The fraction of sp³-hybridized carbons (Fsp3) is 0.273. The molecule has 0 saturated carbocycles. The van der Waals surface area contributed by atoms with Crippen molar-refractivity contribution in [3.05, 3.63) is 119 Å². The summed E-state index contributed by atoms with van der Waals surface area (Å²) in [6, 6.07) is 13.8. The van der Waals surface area contributed by atoms with Gasteiger partial charge in [0.2, 0.25) is 5.91 Å². The molecule has 4 aromatic rings. The van der Waals surface area contributed by atoms with Crippen molar-refractivity contribution in [3.63, 3.8) is 0 Å². The van der Waals surface area contributed by atoms with Gasteiger partial charge in [0.15, 0.2) is 11.6 Å². The number of carbonyl (C=O) groups excluding carboxylic acids is 1. The third-order valence-corrected chi connectivity index (χ3v) is 8.48. The molecule has 2 unspecified atom stereocenters. The van der Waals surface area contributed by atoms with Crippen LogP contribution in [0.25, 0.3) is 0 Å². The van der Waals surface area contributed by atoms with E-state index < -0.39 is 69.3 Å². The summed E-state index contributed by atoms with van der Waals surface area (Å²) in [5, 5.41) is 3.09. The quantitative estimate of drug-likeness (QED) is 0.147. The second-order valence-corrected chi connectivity index (χ2v) is 13.1. The summed E-state index contributed by atoms with van der Waals surface area (Å²) in [6.07, 6.45) is -8.48. The van der Waals surface area contributed by atoms with Gasteiger partial charge in [-0.05, 0) is 92.9 Å². The number of ether oxygens (including phenoxy) is 1. The van der Waals surface area contributed by atoms with Gasteiger partial charge in [0.05, 0.1) is 17.0 Å². The molecule has 1 aliphatic heterocycles. The normalized spacial score (nSPS) is 17.0. The van der Waals surface area contributed by atoms with Crippen molar-refractivity contribution < 1.29 is 57.6 Å². The number of carbonyl (C=O) groups is 1. The van der Waals surface area contributed by atoms with Gasteiger partial charge in [-0.1, -0.05) is 29.8 Å². The number of anilines is 1. The number of amides is 1. The van der Waals surface area contributed by atoms with Gasteiger partial charge < -0.3 is 9.64 Å². The summed E-state index contributed by atoms with van der Waals surface area (Å²) in [4.78, 5) is 18.2. The summed E-state index contributed by atoms with van der Waals surface area (Å²) in [6.45, 7) is 5.10. The van der Waals surface area contributed by atoms with Gasteiger partial charge in [-0.25, -0.2) is 8.78 Å². The molecule has 1 aromatic heterocycles. The molecule has 1 saturated heterocycles. The smallest absolute Gasteiger partial charge is 0.406 e. The average molecular weight is 732 g/mol. The molecule has 0 spiro atoms. The van der Waals surface area contributed by atoms with Gasteiger partial charge in [-0.3, -0.25) is 19.6 Å². The Morgan fingerprint density at radius 3 is 2.00 bits per heavy atom. The van der Waals surface area contributed by atoms with Crippen molar-refractivity contribution in [2.75, 3.05) is 4.90 Å². The Morgan fingerprint density at radius 1 is 0.880 bits per heavy atom. The molecule has 5 rings (SSSR count). The fourth-order valence-corrected chi connectivity index (χ4v) is 5.63. The van der Waals surface area contributed by atoms with Gasteiger partial charge >= 0.3 is 12.5 Å². The van der Waals surface area contributed by atoms with E-state index in [9.17, 15) is 48.3 Å². The number of halogens is 8. The highest BCUT2D eigenvalue weighted by Crippen LogP contribution is 2.40. The van der Waals surface area contributed by atoms with Crippen molar-refractivity contribution in [2.24, 2.45) is 0 Å². The third-order valence-electron chi connectivity index (χ3n) is 7.61. The topological polar surface area (TPSA) is 109 Å². The highest BCUT2D eigenvalue weighted by molar-refractivity contribution is 7.85. The Balaban J connectivity index is 0.000000435. The van der Waals surface area contributed by atoms with Gasteiger partial charge in [0.25, 0.3) is 10.1 Å². The molecule has 2 heterocycles. The summed E-state index contributed by atoms with van der Waals surface area (Å²) >= 11 is 0. The summed E-state index contributed by atoms with van der Waals surface area (Å²) in [5.74, 6) is -3.31. The lowest BCUT2D eigenvalue weighted by molar-refractivity contribution is -0.274. The zero-order valence-corrected chi connectivity index (χ0v) is 27.2. The van der Waals surface area contributed by atoms with Crippen molar-refractivity contribution >= 4 is 21.7 Å². The first-order valence-corrected chi connectivity index (χ1v) is 16.0. The van der Waals surface area contributed by atoms with Crippen molar-refractivity contribution in [1.82, 2.24) is 10.3 Å². The number of hydrogen-bond donors (Lipinski definition) is 2. The van der Waals surface area contributed by atoms with E-state index >= 15 is 0 Å². The summed E-state index contributed by atoms with van der Waals surface area (Å²) in [5.41, 5.74) is -0.436. The van der Waals surface area contributed by atoms with Crippen LogP contribution in [0.15, 0.2) is 90.0 Å². The first-order chi connectivity index (χ1) is 23.0. The van der Waals surface area contributed by atoms with E-state index in [2.05, 4.69) is 15.0 Å². The van der Waals surface area contributed by atoms with E-state index in [0.717, 1.165) is 42.1 Å². The molecule has 0 bridgehead atoms. The van der Waals surface area contributed by atoms with E-state index in [4.69, 9.17) is 4.55 Å². The highest BCUT2D eigenvalue weighted by atomic mass is 32.2. The zero-order valence-electron chi connectivity index (χ0n) is 26.4. The second kappa shape index (κ2) is 14.3. The molecular formula is C33H29F8N3O5S. The lowest BCUT2D eigenvalue weighted by Gasteiger charge is -2.30. The first kappa shape index (κ1) is 38.2. The van der Waals surface area contributed by atoms with E-state index in [0.29, 0.717) is 5.56 Å². The fourth-order valence-electron chi connectivity index (χ4n) is 5.15. The number of nitrogens with zero attached hydrogens (tertiary/aromatic N) is 2. The molecule has 0 aliphatic carbocycles. The van der Waals surface area contributed by atoms with Crippen molar-refractivity contribution in [1.29, 1.82) is 0 Å². The molecule has 50 heavy (non-hydrogen) atoms. The maximum Gasteiger partial charge on any atom is 0.573 e. The largest absolute Gasteiger partial charge is 0.573 e. The molecule has 17 heteroatoms. The number of aromatic nitrogens is 1. The highest BCUT2D eigenvalue weighted by Gasteiger charge is 2.44. The van der Waals surface area contributed by atoms with Crippen LogP contribution < -0.4 is 15.0 Å². The first-order valence-electron chi connectivity index (χ1n) is 14.5. The second-order valence-electron chi connectivity index (χ2n) is 11.7. The van der Waals surface area contributed by atoms with Crippen LogP contribution in [0.5, 0.6) is 5.75 Å². The van der Waals surface area contributed by atoms with Gasteiger partial charge in [0, 0.05) is 17.4 Å². The molecule has 1 fully saturated rings. The summed E-state index contributed by atoms with van der Waals surface area (Å²) in [7, 11) is -4.02. The van der Waals surface area contributed by atoms with E-state index in [1.165, 1.54) is 41.3 Å². The van der Waals surface area contributed by atoms with Crippen molar-refractivity contribution in [3.8, 4) is 5.75 Å². The molecule has 1 aliphatic rings. The van der Waals surface area contributed by atoms with Crippen LogP contribution in [-0.2, 0) is 26.6 Å². The van der Waals surface area contributed by atoms with Crippen LogP contribution >= 0.6 is 0 Å². The Bertz CT molecular complexity index is 1920. The van der Waals surface area contributed by atoms with Crippen LogP contribution in [0.2, 0.25) is 0 Å². The van der Waals surface area contributed by atoms with Crippen LogP contribution in [0, 0.1) is 18.6 Å². The molecule has 268 valence electrons. The Labute approximate surface area is 281 Å². The number of benzene rings is 3. The van der Waals surface area contributed by atoms with Gasteiger partial charge in [0.1, 0.15) is 11.4 Å². The molecule has 0 radical (unpaired) electrons. The van der Waals surface area contributed by atoms with Crippen LogP contribution in [0.1, 0.15) is 48.7 Å².